The second-order valence-corrected chi connectivity index (χ2v) is 10.6. The van der Waals surface area contributed by atoms with Gasteiger partial charge >= 0.3 is 12.1 Å². The van der Waals surface area contributed by atoms with E-state index in [1.165, 1.54) is 29.4 Å². The van der Waals surface area contributed by atoms with Crippen LogP contribution >= 0.6 is 0 Å². The third-order valence-electron chi connectivity index (χ3n) is 6.35. The second-order valence-electron chi connectivity index (χ2n) is 8.66. The summed E-state index contributed by atoms with van der Waals surface area (Å²) in [4.78, 5) is 14.5. The van der Waals surface area contributed by atoms with E-state index in [9.17, 15) is 26.4 Å². The summed E-state index contributed by atoms with van der Waals surface area (Å²) in [6.45, 7) is 2.70. The van der Waals surface area contributed by atoms with Crippen LogP contribution in [0.3, 0.4) is 0 Å². The van der Waals surface area contributed by atoms with Gasteiger partial charge in [-0.3, -0.25) is 4.79 Å². The van der Waals surface area contributed by atoms with Gasteiger partial charge in [0.15, 0.2) is 11.6 Å². The van der Waals surface area contributed by atoms with E-state index in [1.54, 1.807) is 30.5 Å². The van der Waals surface area contributed by atoms with Crippen LogP contribution in [0.4, 0.5) is 24.7 Å². The minimum Gasteiger partial charge on any atom is -0.463 e. The van der Waals surface area contributed by atoms with E-state index in [0.29, 0.717) is 40.8 Å². The normalized spacial score (nSPS) is 18.9. The zero-order valence-corrected chi connectivity index (χ0v) is 20.0. The molecule has 1 atom stereocenters. The molecule has 2 aliphatic heterocycles. The van der Waals surface area contributed by atoms with Crippen molar-refractivity contribution in [1.82, 2.24) is 14.5 Å². The maximum absolute atomic E-state index is 13.3. The number of carbonyl (C=O) groups excluding carboxylic acids is 1. The number of fused-ring (bicyclic) bond motifs is 1. The first kappa shape index (κ1) is 24.3. The number of piperazine rings is 1. The van der Waals surface area contributed by atoms with Gasteiger partial charge in [-0.05, 0) is 61.4 Å². The van der Waals surface area contributed by atoms with Gasteiger partial charge in [-0.15, -0.1) is 10.2 Å². The predicted molar refractivity (Wildman–Crippen MR) is 124 cm³/mol. The van der Waals surface area contributed by atoms with Crippen molar-refractivity contribution < 1.29 is 30.8 Å². The van der Waals surface area contributed by atoms with Crippen molar-refractivity contribution in [2.45, 2.75) is 30.5 Å². The quantitative estimate of drug-likeness (QED) is 0.520. The van der Waals surface area contributed by atoms with E-state index in [0.717, 1.165) is 0 Å². The van der Waals surface area contributed by atoms with Gasteiger partial charge in [-0.1, -0.05) is 0 Å². The SMILES string of the molecule is CC1Cc2cc(S(=O)(=O)N3CCN(c4ccc(-c5ccco5)nn4)CC3)ccc2N1C(=O)C(F)(F)F. The van der Waals surface area contributed by atoms with Crippen LogP contribution in [0, 0.1) is 0 Å². The number of nitrogens with zero attached hydrogens (tertiary/aromatic N) is 5. The Bertz CT molecular complexity index is 1370. The molecule has 0 N–H and O–H groups in total. The highest BCUT2D eigenvalue weighted by Gasteiger charge is 2.47. The summed E-state index contributed by atoms with van der Waals surface area (Å²) in [5, 5.41) is 8.39. The number of hydrogen-bond acceptors (Lipinski definition) is 7. The van der Waals surface area contributed by atoms with Crippen molar-refractivity contribution in [3.05, 3.63) is 54.3 Å². The summed E-state index contributed by atoms with van der Waals surface area (Å²) in [7, 11) is -3.88. The number of aromatic nitrogens is 2. The zero-order valence-electron chi connectivity index (χ0n) is 19.1. The van der Waals surface area contributed by atoms with E-state index >= 15 is 0 Å². The van der Waals surface area contributed by atoms with E-state index in [2.05, 4.69) is 10.2 Å². The van der Waals surface area contributed by atoms with E-state index in [4.69, 9.17) is 4.42 Å². The molecule has 13 heteroatoms. The number of amides is 1. The Morgan fingerprint density at radius 1 is 1.06 bits per heavy atom. The molecule has 9 nitrogen and oxygen atoms in total. The first-order valence-corrected chi connectivity index (χ1v) is 12.7. The summed E-state index contributed by atoms with van der Waals surface area (Å²) >= 11 is 0. The fourth-order valence-electron chi connectivity index (χ4n) is 4.57. The third kappa shape index (κ3) is 4.32. The molecule has 4 heterocycles. The molecular weight excluding hydrogens is 499 g/mol. The predicted octanol–water partition coefficient (Wildman–Crippen LogP) is 3.09. The average molecular weight is 522 g/mol. The molecule has 0 spiro atoms. The fraction of sp³-hybridized carbons (Fsp3) is 0.348. The molecule has 2 aliphatic rings. The van der Waals surface area contributed by atoms with E-state index in [-0.39, 0.29) is 30.1 Å². The van der Waals surface area contributed by atoms with Crippen molar-refractivity contribution in [1.29, 1.82) is 0 Å². The van der Waals surface area contributed by atoms with Gasteiger partial charge in [-0.2, -0.15) is 17.5 Å². The molecule has 190 valence electrons. The molecule has 0 radical (unpaired) electrons. The van der Waals surface area contributed by atoms with Crippen LogP contribution in [0.1, 0.15) is 12.5 Å². The molecule has 1 aromatic carbocycles. The van der Waals surface area contributed by atoms with Crippen LogP contribution in [0.5, 0.6) is 0 Å². The number of anilines is 2. The van der Waals surface area contributed by atoms with Crippen molar-refractivity contribution in [2.75, 3.05) is 36.0 Å². The molecule has 0 aliphatic carbocycles. The minimum absolute atomic E-state index is 0.00852. The number of carbonyl (C=O) groups is 1. The third-order valence-corrected chi connectivity index (χ3v) is 8.25. The lowest BCUT2D eigenvalue weighted by molar-refractivity contribution is -0.170. The molecular formula is C23H22F3N5O4S. The van der Waals surface area contributed by atoms with Gasteiger partial charge in [-0.25, -0.2) is 8.42 Å². The summed E-state index contributed by atoms with van der Waals surface area (Å²) in [5.41, 5.74) is 1.07. The lowest BCUT2D eigenvalue weighted by Gasteiger charge is -2.34. The van der Waals surface area contributed by atoms with Gasteiger partial charge in [0.05, 0.1) is 11.2 Å². The number of hydrogen-bond donors (Lipinski definition) is 0. The Labute approximate surface area is 205 Å². The Hall–Kier alpha value is -3.45. The maximum Gasteiger partial charge on any atom is 0.471 e. The van der Waals surface area contributed by atoms with E-state index in [1.807, 2.05) is 4.90 Å². The van der Waals surface area contributed by atoms with Crippen molar-refractivity contribution in [2.24, 2.45) is 0 Å². The van der Waals surface area contributed by atoms with Crippen LogP contribution in [-0.4, -0.2) is 67.2 Å². The Morgan fingerprint density at radius 3 is 2.42 bits per heavy atom. The summed E-state index contributed by atoms with van der Waals surface area (Å²) in [5.74, 6) is -0.747. The van der Waals surface area contributed by atoms with Gasteiger partial charge < -0.3 is 14.2 Å². The molecule has 0 saturated carbocycles. The van der Waals surface area contributed by atoms with Crippen molar-refractivity contribution >= 4 is 27.4 Å². The Balaban J connectivity index is 1.28. The second kappa shape index (κ2) is 8.89. The van der Waals surface area contributed by atoms with Crippen LogP contribution in [0.15, 0.2) is 58.0 Å². The van der Waals surface area contributed by atoms with E-state index < -0.39 is 28.1 Å². The number of furan rings is 1. The van der Waals surface area contributed by atoms with Gasteiger partial charge in [0, 0.05) is 37.9 Å². The first-order valence-electron chi connectivity index (χ1n) is 11.2. The summed E-state index contributed by atoms with van der Waals surface area (Å²) < 4.78 is 72.2. The maximum atomic E-state index is 13.3. The van der Waals surface area contributed by atoms with Gasteiger partial charge in [0.25, 0.3) is 0 Å². The lowest BCUT2D eigenvalue weighted by atomic mass is 10.1. The summed E-state index contributed by atoms with van der Waals surface area (Å²) in [6, 6.07) is 10.3. The number of alkyl halides is 3. The molecule has 0 bridgehead atoms. The highest BCUT2D eigenvalue weighted by molar-refractivity contribution is 7.89. The molecule has 3 aromatic rings. The molecule has 36 heavy (non-hydrogen) atoms. The van der Waals surface area contributed by atoms with Crippen LogP contribution in [0.25, 0.3) is 11.5 Å². The number of sulfonamides is 1. The highest BCUT2D eigenvalue weighted by atomic mass is 32.2. The first-order chi connectivity index (χ1) is 17.1. The van der Waals surface area contributed by atoms with Crippen molar-refractivity contribution in [3.8, 4) is 11.5 Å². The Morgan fingerprint density at radius 2 is 1.81 bits per heavy atom. The molecule has 1 saturated heterocycles. The molecule has 5 rings (SSSR count). The van der Waals surface area contributed by atoms with Crippen LogP contribution < -0.4 is 9.80 Å². The number of halogens is 3. The number of benzene rings is 1. The van der Waals surface area contributed by atoms with Crippen LogP contribution in [-0.2, 0) is 21.2 Å². The number of rotatable bonds is 4. The lowest BCUT2D eigenvalue weighted by Crippen LogP contribution is -2.49. The molecule has 1 amide bonds. The largest absolute Gasteiger partial charge is 0.471 e. The smallest absolute Gasteiger partial charge is 0.463 e. The van der Waals surface area contributed by atoms with Gasteiger partial charge in [0.1, 0.15) is 5.69 Å². The zero-order chi connectivity index (χ0) is 25.7. The Kier molecular flexibility index (Phi) is 5.99. The fourth-order valence-corrected chi connectivity index (χ4v) is 6.04. The van der Waals surface area contributed by atoms with Crippen molar-refractivity contribution in [3.63, 3.8) is 0 Å². The molecule has 1 unspecified atom stereocenters. The topological polar surface area (TPSA) is 99.8 Å². The summed E-state index contributed by atoms with van der Waals surface area (Å²) in [6.07, 6.45) is -3.32. The molecule has 1 fully saturated rings. The average Bonchev–Trinajstić information content (AvgIpc) is 3.50. The standard InChI is InChI=1S/C23H22F3N5O4S/c1-15-13-16-14-17(4-6-19(16)31(15)22(32)23(24,25)26)36(33,34)30-10-8-29(9-11-30)21-7-5-18(27-28-21)20-3-2-12-35-20/h2-7,12,14-15H,8-11,13H2,1H3. The minimum atomic E-state index is -5.01. The van der Waals surface area contributed by atoms with Gasteiger partial charge in [0.2, 0.25) is 10.0 Å². The molecule has 2 aromatic heterocycles. The highest BCUT2D eigenvalue weighted by Crippen LogP contribution is 2.37. The monoisotopic (exact) mass is 521 g/mol. The van der Waals surface area contributed by atoms with Crippen LogP contribution in [0.2, 0.25) is 0 Å².